The second kappa shape index (κ2) is 7.94. The Balaban J connectivity index is 1.80. The van der Waals surface area contributed by atoms with Crippen LogP contribution in [0.25, 0.3) is 0 Å². The van der Waals surface area contributed by atoms with Crippen molar-refractivity contribution in [2.24, 2.45) is 0 Å². The first-order valence-electron chi connectivity index (χ1n) is 8.01. The maximum atomic E-state index is 13.5. The summed E-state index contributed by atoms with van der Waals surface area (Å²) in [6.45, 7) is 4.10. The van der Waals surface area contributed by atoms with Crippen molar-refractivity contribution in [1.29, 1.82) is 0 Å². The van der Waals surface area contributed by atoms with Gasteiger partial charge in [0.2, 0.25) is 0 Å². The molecule has 0 aliphatic heterocycles. The van der Waals surface area contributed by atoms with Gasteiger partial charge in [0, 0.05) is 12.6 Å². The van der Waals surface area contributed by atoms with Crippen LogP contribution in [0.15, 0.2) is 18.2 Å². The number of carbonyl (C=O) groups is 2. The third-order valence-electron chi connectivity index (χ3n) is 4.03. The molecule has 1 aromatic carbocycles. The molecule has 126 valence electrons. The number of nitrogens with one attached hydrogen (secondary N) is 2. The van der Waals surface area contributed by atoms with Crippen LogP contribution in [0.5, 0.6) is 0 Å². The molecule has 1 saturated carbocycles. The number of halogens is 1. The molecular formula is C17H23FN2O3. The molecule has 2 rings (SSSR count). The fraction of sp³-hybridized carbons (Fsp3) is 0.529. The lowest BCUT2D eigenvalue weighted by molar-refractivity contribution is 0.0188. The topological polar surface area (TPSA) is 67.4 Å². The molecule has 23 heavy (non-hydrogen) atoms. The van der Waals surface area contributed by atoms with Crippen LogP contribution in [0.3, 0.4) is 0 Å². The molecule has 1 aliphatic rings. The average Bonchev–Trinajstić information content (AvgIpc) is 2.52. The van der Waals surface area contributed by atoms with Gasteiger partial charge in [-0.2, -0.15) is 0 Å². The Labute approximate surface area is 135 Å². The first-order chi connectivity index (χ1) is 11.0. The molecule has 6 heteroatoms. The molecule has 0 saturated heterocycles. The molecule has 0 radical (unpaired) electrons. The van der Waals surface area contributed by atoms with E-state index in [1.807, 2.05) is 6.92 Å². The number of hydrogen-bond donors (Lipinski definition) is 2. The lowest BCUT2D eigenvalue weighted by Crippen LogP contribution is -2.44. The van der Waals surface area contributed by atoms with Crippen molar-refractivity contribution in [2.75, 3.05) is 6.54 Å². The molecule has 1 aromatic rings. The van der Waals surface area contributed by atoms with Crippen molar-refractivity contribution in [3.05, 3.63) is 35.1 Å². The van der Waals surface area contributed by atoms with Gasteiger partial charge in [-0.05, 0) is 57.2 Å². The number of benzene rings is 1. The number of rotatable bonds is 4. The normalized spacial score (nSPS) is 20.7. The highest BCUT2D eigenvalue weighted by atomic mass is 19.1. The molecule has 0 unspecified atom stereocenters. The lowest BCUT2D eigenvalue weighted by Gasteiger charge is -2.28. The van der Waals surface area contributed by atoms with Gasteiger partial charge < -0.3 is 15.4 Å². The molecular weight excluding hydrogens is 299 g/mol. The predicted octanol–water partition coefficient (Wildman–Crippen LogP) is 2.92. The first-order valence-corrected chi connectivity index (χ1v) is 8.01. The number of amides is 2. The van der Waals surface area contributed by atoms with Gasteiger partial charge in [-0.1, -0.05) is 6.07 Å². The minimum absolute atomic E-state index is 0.105. The molecule has 0 heterocycles. The second-order valence-corrected chi connectivity index (χ2v) is 5.85. The van der Waals surface area contributed by atoms with Gasteiger partial charge in [-0.3, -0.25) is 0 Å². The van der Waals surface area contributed by atoms with E-state index in [9.17, 15) is 14.0 Å². The smallest absolute Gasteiger partial charge is 0.338 e. The van der Waals surface area contributed by atoms with Gasteiger partial charge in [0.05, 0.1) is 5.56 Å². The second-order valence-electron chi connectivity index (χ2n) is 5.85. The SMILES string of the molecule is CCNC(=O)NC1CCC(OC(=O)c2ccc(C)c(F)c2)CC1. The monoisotopic (exact) mass is 322 g/mol. The molecule has 0 bridgehead atoms. The highest BCUT2D eigenvalue weighted by Gasteiger charge is 2.25. The third-order valence-corrected chi connectivity index (χ3v) is 4.03. The maximum Gasteiger partial charge on any atom is 0.338 e. The van der Waals surface area contributed by atoms with Gasteiger partial charge in [0.15, 0.2) is 0 Å². The van der Waals surface area contributed by atoms with E-state index in [1.54, 1.807) is 19.1 Å². The van der Waals surface area contributed by atoms with Crippen LogP contribution in [-0.4, -0.2) is 30.7 Å². The Morgan fingerprint density at radius 1 is 1.26 bits per heavy atom. The van der Waals surface area contributed by atoms with Gasteiger partial charge in [-0.25, -0.2) is 14.0 Å². The van der Waals surface area contributed by atoms with Crippen LogP contribution in [0.1, 0.15) is 48.5 Å². The number of hydrogen-bond acceptors (Lipinski definition) is 3. The molecule has 2 amide bonds. The van der Waals surface area contributed by atoms with E-state index in [2.05, 4.69) is 10.6 Å². The Bertz CT molecular complexity index is 569. The van der Waals surface area contributed by atoms with E-state index >= 15 is 0 Å². The number of carbonyl (C=O) groups excluding carboxylic acids is 2. The number of urea groups is 1. The van der Waals surface area contributed by atoms with Gasteiger partial charge in [0.25, 0.3) is 0 Å². The van der Waals surface area contributed by atoms with Crippen LogP contribution in [0.4, 0.5) is 9.18 Å². The zero-order valence-corrected chi connectivity index (χ0v) is 13.5. The van der Waals surface area contributed by atoms with E-state index in [0.717, 1.165) is 12.8 Å². The fourth-order valence-corrected chi connectivity index (χ4v) is 2.66. The molecule has 1 fully saturated rings. The van der Waals surface area contributed by atoms with Gasteiger partial charge >= 0.3 is 12.0 Å². The van der Waals surface area contributed by atoms with Gasteiger partial charge in [-0.15, -0.1) is 0 Å². The van der Waals surface area contributed by atoms with Crippen LogP contribution in [0, 0.1) is 12.7 Å². The highest BCUT2D eigenvalue weighted by Crippen LogP contribution is 2.22. The fourth-order valence-electron chi connectivity index (χ4n) is 2.66. The largest absolute Gasteiger partial charge is 0.459 e. The number of esters is 1. The average molecular weight is 322 g/mol. The van der Waals surface area contributed by atoms with Gasteiger partial charge in [0.1, 0.15) is 11.9 Å². The highest BCUT2D eigenvalue weighted by molar-refractivity contribution is 5.89. The van der Waals surface area contributed by atoms with E-state index in [0.29, 0.717) is 24.9 Å². The zero-order valence-electron chi connectivity index (χ0n) is 13.5. The first kappa shape index (κ1) is 17.2. The summed E-state index contributed by atoms with van der Waals surface area (Å²) in [6, 6.07) is 4.29. The Morgan fingerprint density at radius 2 is 1.96 bits per heavy atom. The van der Waals surface area contributed by atoms with Crippen LogP contribution in [-0.2, 0) is 4.74 Å². The summed E-state index contributed by atoms with van der Waals surface area (Å²) < 4.78 is 18.9. The van der Waals surface area contributed by atoms with Crippen molar-refractivity contribution in [1.82, 2.24) is 10.6 Å². The van der Waals surface area contributed by atoms with Crippen LogP contribution < -0.4 is 10.6 Å². The standard InChI is InChI=1S/C17H23FN2O3/c1-3-19-17(22)20-13-6-8-14(9-7-13)23-16(21)12-5-4-11(2)15(18)10-12/h4-5,10,13-14H,3,6-9H2,1-2H3,(H2,19,20,22). The quantitative estimate of drug-likeness (QED) is 0.838. The van der Waals surface area contributed by atoms with Crippen molar-refractivity contribution >= 4 is 12.0 Å². The van der Waals surface area contributed by atoms with E-state index in [1.165, 1.54) is 6.07 Å². The Morgan fingerprint density at radius 3 is 2.57 bits per heavy atom. The zero-order chi connectivity index (χ0) is 16.8. The van der Waals surface area contributed by atoms with Crippen LogP contribution >= 0.6 is 0 Å². The summed E-state index contributed by atoms with van der Waals surface area (Å²) in [5, 5.41) is 5.60. The minimum Gasteiger partial charge on any atom is -0.459 e. The summed E-state index contributed by atoms with van der Waals surface area (Å²) in [5.74, 6) is -0.904. The summed E-state index contributed by atoms with van der Waals surface area (Å²) >= 11 is 0. The molecule has 1 aliphatic carbocycles. The molecule has 5 nitrogen and oxygen atoms in total. The Kier molecular flexibility index (Phi) is 5.96. The van der Waals surface area contributed by atoms with Crippen molar-refractivity contribution in [3.63, 3.8) is 0 Å². The number of ether oxygens (including phenoxy) is 1. The van der Waals surface area contributed by atoms with E-state index < -0.39 is 11.8 Å². The molecule has 0 aromatic heterocycles. The summed E-state index contributed by atoms with van der Waals surface area (Å²) in [7, 11) is 0. The summed E-state index contributed by atoms with van der Waals surface area (Å²) in [6.07, 6.45) is 2.72. The minimum atomic E-state index is -0.496. The third kappa shape index (κ3) is 4.94. The van der Waals surface area contributed by atoms with Crippen LogP contribution in [0.2, 0.25) is 0 Å². The molecule has 0 atom stereocenters. The van der Waals surface area contributed by atoms with E-state index in [-0.39, 0.29) is 23.7 Å². The van der Waals surface area contributed by atoms with Crippen molar-refractivity contribution in [3.8, 4) is 0 Å². The predicted molar refractivity (Wildman–Crippen MR) is 84.8 cm³/mol. The Hall–Kier alpha value is -2.11. The van der Waals surface area contributed by atoms with Crippen molar-refractivity contribution < 1.29 is 18.7 Å². The molecule has 0 spiro atoms. The lowest BCUT2D eigenvalue weighted by atomic mass is 9.93. The number of aryl methyl sites for hydroxylation is 1. The summed E-state index contributed by atoms with van der Waals surface area (Å²) in [5.41, 5.74) is 0.731. The maximum absolute atomic E-state index is 13.5. The van der Waals surface area contributed by atoms with E-state index in [4.69, 9.17) is 4.74 Å². The summed E-state index contributed by atoms with van der Waals surface area (Å²) in [4.78, 5) is 23.5. The van der Waals surface area contributed by atoms with Crippen molar-refractivity contribution in [2.45, 2.75) is 51.7 Å². The molecule has 2 N–H and O–H groups in total.